The van der Waals surface area contributed by atoms with E-state index in [2.05, 4.69) is 24.3 Å². The molecule has 0 aromatic heterocycles. The Hall–Kier alpha value is -1.69. The van der Waals surface area contributed by atoms with Crippen LogP contribution in [0.4, 0.5) is 0 Å². The van der Waals surface area contributed by atoms with Crippen molar-refractivity contribution in [3.8, 4) is 11.1 Å². The van der Waals surface area contributed by atoms with Crippen LogP contribution >= 0.6 is 19.8 Å². The first kappa shape index (κ1) is 20.1. The molecular weight excluding hydrogens is 451 g/mol. The van der Waals surface area contributed by atoms with Crippen molar-refractivity contribution in [3.63, 3.8) is 0 Å². The van der Waals surface area contributed by atoms with Crippen LogP contribution in [0.1, 0.15) is 43.5 Å². The Morgan fingerprint density at radius 2 is 1.52 bits per heavy atom. The predicted molar refractivity (Wildman–Crippen MR) is 118 cm³/mol. The number of carboxylic acids is 1. The summed E-state index contributed by atoms with van der Waals surface area (Å²) >= 11 is -0.700. The van der Waals surface area contributed by atoms with E-state index in [0.717, 1.165) is 5.56 Å². The number of halogens is 1. The first-order valence-corrected chi connectivity index (χ1v) is 13.6. The molecule has 0 amide bonds. The second-order valence-corrected chi connectivity index (χ2v) is 13.6. The Labute approximate surface area is 168 Å². The maximum Gasteiger partial charge on any atom is 0.306 e. The summed E-state index contributed by atoms with van der Waals surface area (Å²) in [4.78, 5) is 23.8. The zero-order valence-electron chi connectivity index (χ0n) is 16.0. The minimum absolute atomic E-state index is 0.0207. The van der Waals surface area contributed by atoms with Crippen LogP contribution in [-0.2, 0) is 4.79 Å². The molecule has 3 nitrogen and oxygen atoms in total. The molecule has 1 aliphatic heterocycles. The summed E-state index contributed by atoms with van der Waals surface area (Å²) in [6, 6.07) is 16.6. The number of aliphatic carboxylic acids is 1. The van der Waals surface area contributed by atoms with Crippen molar-refractivity contribution >= 4 is 31.6 Å². The van der Waals surface area contributed by atoms with E-state index in [1.165, 1.54) is 14.4 Å². The van der Waals surface area contributed by atoms with Gasteiger partial charge in [-0.1, -0.05) is 13.8 Å². The molecule has 0 radical (unpaired) electrons. The minimum Gasteiger partial charge on any atom is -0.481 e. The third kappa shape index (κ3) is 5.64. The second-order valence-electron chi connectivity index (χ2n) is 7.55. The molecule has 2 aromatic carbocycles. The van der Waals surface area contributed by atoms with Crippen molar-refractivity contribution in [2.45, 2.75) is 33.1 Å². The van der Waals surface area contributed by atoms with Crippen molar-refractivity contribution in [1.82, 2.24) is 0 Å². The molecule has 0 saturated carbocycles. The fourth-order valence-electron chi connectivity index (χ4n) is 3.28. The topological polar surface area (TPSA) is 54.4 Å². The first-order chi connectivity index (χ1) is 12.9. The van der Waals surface area contributed by atoms with E-state index in [1.807, 2.05) is 38.1 Å². The van der Waals surface area contributed by atoms with Gasteiger partial charge in [0.1, 0.15) is 0 Å². The van der Waals surface area contributed by atoms with Gasteiger partial charge in [-0.15, -0.1) is 0 Å². The number of carbonyl (C=O) groups excluding carboxylic acids is 1. The van der Waals surface area contributed by atoms with Crippen LogP contribution in [0.25, 0.3) is 11.1 Å². The Morgan fingerprint density at radius 3 is 2.00 bits per heavy atom. The van der Waals surface area contributed by atoms with Gasteiger partial charge in [0.25, 0.3) is 0 Å². The summed E-state index contributed by atoms with van der Waals surface area (Å²) in [7, 11) is 0. The van der Waals surface area contributed by atoms with E-state index in [1.54, 1.807) is 3.57 Å². The van der Waals surface area contributed by atoms with Gasteiger partial charge in [0.2, 0.25) is 0 Å². The number of Topliss-reactive ketones (excluding diaryl/α,β-unsaturated/α-hetero) is 1. The number of carbonyl (C=O) groups is 2. The molecule has 1 unspecified atom stereocenters. The Balaban J connectivity index is 1.60. The molecule has 1 aliphatic rings. The molecule has 0 aliphatic carbocycles. The number of ketones is 1. The number of benzene rings is 2. The van der Waals surface area contributed by atoms with Crippen molar-refractivity contribution in [3.05, 3.63) is 57.7 Å². The summed E-state index contributed by atoms with van der Waals surface area (Å²) in [6.45, 7) is 4.02. The van der Waals surface area contributed by atoms with Crippen LogP contribution < -0.4 is 0 Å². The Kier molecular flexibility index (Phi) is 6.68. The smallest absolute Gasteiger partial charge is 0.306 e. The number of hydrogen-bond acceptors (Lipinski definition) is 2. The van der Waals surface area contributed by atoms with Crippen LogP contribution in [0.3, 0.4) is 0 Å². The van der Waals surface area contributed by atoms with Gasteiger partial charge in [0.05, 0.1) is 0 Å². The number of carboxylic acid groups (broad SMARTS) is 1. The molecule has 0 bridgehead atoms. The van der Waals surface area contributed by atoms with E-state index >= 15 is 0 Å². The van der Waals surface area contributed by atoms with E-state index in [0.29, 0.717) is 24.3 Å². The SMILES string of the molecule is CC(C)CC(CCC(=O)c1ccc(-c2ccc(I3CC3)cc2)cc1)C(=O)O. The van der Waals surface area contributed by atoms with Crippen LogP contribution in [0.2, 0.25) is 0 Å². The van der Waals surface area contributed by atoms with Crippen molar-refractivity contribution in [2.75, 3.05) is 8.86 Å². The minimum atomic E-state index is -0.801. The molecule has 3 rings (SSSR count). The molecule has 4 heteroatoms. The Bertz CT molecular complexity index is 789. The second kappa shape index (κ2) is 9.00. The van der Waals surface area contributed by atoms with Crippen molar-refractivity contribution < 1.29 is 14.7 Å². The summed E-state index contributed by atoms with van der Waals surface area (Å²) in [6.07, 6.45) is 1.30. The zero-order valence-corrected chi connectivity index (χ0v) is 18.1. The Morgan fingerprint density at radius 1 is 0.963 bits per heavy atom. The van der Waals surface area contributed by atoms with Crippen LogP contribution in [0.5, 0.6) is 0 Å². The van der Waals surface area contributed by atoms with Gasteiger partial charge in [-0.3, -0.25) is 4.79 Å². The van der Waals surface area contributed by atoms with Gasteiger partial charge in [-0.05, 0) is 12.3 Å². The monoisotopic (exact) mass is 478 g/mol. The standard InChI is InChI=1S/C23H27IO3/c1-16(2)15-20(23(26)27)9-12-22(25)19-5-3-17(4-6-19)18-7-10-21(11-8-18)24-13-14-24/h3-8,10-11,16,20H,9,12-15H2,1-2H3,(H,26,27). The van der Waals surface area contributed by atoms with Crippen LogP contribution in [0.15, 0.2) is 48.5 Å². The molecule has 1 saturated heterocycles. The summed E-state index contributed by atoms with van der Waals surface area (Å²) in [5, 5.41) is 9.32. The van der Waals surface area contributed by atoms with Crippen molar-refractivity contribution in [1.29, 1.82) is 0 Å². The van der Waals surface area contributed by atoms with Crippen LogP contribution in [0, 0.1) is 15.4 Å². The third-order valence-corrected chi connectivity index (χ3v) is 9.53. The van der Waals surface area contributed by atoms with Crippen molar-refractivity contribution in [2.24, 2.45) is 11.8 Å². The molecule has 27 heavy (non-hydrogen) atoms. The van der Waals surface area contributed by atoms with E-state index in [9.17, 15) is 14.7 Å². The van der Waals surface area contributed by atoms with Gasteiger partial charge < -0.3 is 5.11 Å². The van der Waals surface area contributed by atoms with E-state index in [-0.39, 0.29) is 12.2 Å². The molecule has 1 atom stereocenters. The van der Waals surface area contributed by atoms with Gasteiger partial charge in [-0.2, -0.15) is 0 Å². The molecular formula is C23H27IO3. The predicted octanol–water partition coefficient (Wildman–Crippen LogP) is 5.75. The van der Waals surface area contributed by atoms with Gasteiger partial charge >= 0.3 is 133 Å². The van der Waals surface area contributed by atoms with Gasteiger partial charge in [0, 0.05) is 0 Å². The average molecular weight is 478 g/mol. The molecule has 144 valence electrons. The summed E-state index contributed by atoms with van der Waals surface area (Å²) in [5.74, 6) is -0.908. The summed E-state index contributed by atoms with van der Waals surface area (Å²) < 4.78 is 4.49. The molecule has 1 heterocycles. The van der Waals surface area contributed by atoms with E-state index in [4.69, 9.17) is 0 Å². The number of rotatable bonds is 9. The maximum absolute atomic E-state index is 12.4. The normalized spacial score (nSPS) is 15.6. The third-order valence-electron chi connectivity index (χ3n) is 4.90. The van der Waals surface area contributed by atoms with Gasteiger partial charge in [-0.25, -0.2) is 0 Å². The van der Waals surface area contributed by atoms with E-state index < -0.39 is 31.7 Å². The zero-order chi connectivity index (χ0) is 19.4. The molecule has 1 N–H and O–H groups in total. The summed E-state index contributed by atoms with van der Waals surface area (Å²) in [5.41, 5.74) is 2.95. The largest absolute Gasteiger partial charge is 0.481 e. The number of alkyl halides is 2. The molecule has 1 fully saturated rings. The average Bonchev–Trinajstić information content (AvgIpc) is 3.50. The molecule has 0 spiro atoms. The number of hydrogen-bond donors (Lipinski definition) is 1. The maximum atomic E-state index is 12.4. The van der Waals surface area contributed by atoms with Crippen LogP contribution in [-0.4, -0.2) is 25.7 Å². The van der Waals surface area contributed by atoms with Gasteiger partial charge in [0.15, 0.2) is 0 Å². The fraction of sp³-hybridized carbons (Fsp3) is 0.391. The fourth-order valence-corrected chi connectivity index (χ4v) is 7.48. The quantitative estimate of drug-likeness (QED) is 0.284. The molecule has 2 aromatic rings. The first-order valence-electron chi connectivity index (χ1n) is 9.52.